The maximum atomic E-state index is 13.5. The van der Waals surface area contributed by atoms with Crippen LogP contribution in [0, 0.1) is 20.8 Å². The highest BCUT2D eigenvalue weighted by Gasteiger charge is 2.24. The highest BCUT2D eigenvalue weighted by molar-refractivity contribution is 5.96. The highest BCUT2D eigenvalue weighted by atomic mass is 16.2. The average Bonchev–Trinajstić information content (AvgIpc) is 3.10. The van der Waals surface area contributed by atoms with Gasteiger partial charge in [-0.05, 0) is 70.5 Å². The molecule has 0 aliphatic heterocycles. The summed E-state index contributed by atoms with van der Waals surface area (Å²) in [6.45, 7) is 10.7. The zero-order valence-electron chi connectivity index (χ0n) is 18.9. The van der Waals surface area contributed by atoms with Gasteiger partial charge in [0.25, 0.3) is 5.91 Å². The van der Waals surface area contributed by atoms with Crippen LogP contribution in [0.1, 0.15) is 46.7 Å². The molecular weight excluding hydrogens is 382 g/mol. The van der Waals surface area contributed by atoms with Gasteiger partial charge in [0.05, 0.1) is 17.6 Å². The Morgan fingerprint density at radius 2 is 1.61 bits per heavy atom. The Morgan fingerprint density at radius 3 is 2.29 bits per heavy atom. The van der Waals surface area contributed by atoms with Crippen molar-refractivity contribution in [1.82, 2.24) is 14.5 Å². The van der Waals surface area contributed by atoms with Gasteiger partial charge in [-0.25, -0.2) is 4.98 Å². The molecular formula is C27H29N3O. The first-order valence-electron chi connectivity index (χ1n) is 10.8. The second-order valence-electron chi connectivity index (χ2n) is 8.53. The number of aryl methyl sites for hydroxylation is 3. The fraction of sp³-hybridized carbons (Fsp3) is 0.259. The second-order valence-corrected chi connectivity index (χ2v) is 8.53. The zero-order chi connectivity index (χ0) is 22.1. The van der Waals surface area contributed by atoms with Crippen LogP contribution in [0.5, 0.6) is 0 Å². The van der Waals surface area contributed by atoms with Crippen LogP contribution in [0.3, 0.4) is 0 Å². The van der Waals surface area contributed by atoms with E-state index in [9.17, 15) is 4.79 Å². The van der Waals surface area contributed by atoms with Crippen molar-refractivity contribution < 1.29 is 4.79 Å². The first kappa shape index (κ1) is 20.9. The van der Waals surface area contributed by atoms with Crippen molar-refractivity contribution in [3.63, 3.8) is 0 Å². The Labute approximate surface area is 184 Å². The lowest BCUT2D eigenvalue weighted by Crippen LogP contribution is -2.37. The number of amides is 1. The topological polar surface area (TPSA) is 38.1 Å². The summed E-state index contributed by atoms with van der Waals surface area (Å²) in [5.41, 5.74) is 7.15. The number of rotatable bonds is 5. The lowest BCUT2D eigenvalue weighted by Gasteiger charge is -2.27. The zero-order valence-corrected chi connectivity index (χ0v) is 18.9. The number of carbonyl (C=O) groups is 1. The summed E-state index contributed by atoms with van der Waals surface area (Å²) in [5.74, 6) is 0.895. The van der Waals surface area contributed by atoms with Crippen LogP contribution < -0.4 is 0 Å². The normalized spacial score (nSPS) is 11.3. The van der Waals surface area contributed by atoms with Crippen LogP contribution in [0.2, 0.25) is 0 Å². The number of hydrogen-bond donors (Lipinski definition) is 0. The predicted molar refractivity (Wildman–Crippen MR) is 127 cm³/mol. The van der Waals surface area contributed by atoms with Gasteiger partial charge in [0.15, 0.2) is 0 Å². The van der Waals surface area contributed by atoms with Gasteiger partial charge in [0.2, 0.25) is 0 Å². The summed E-state index contributed by atoms with van der Waals surface area (Å²) in [5, 5.41) is 0. The Bertz CT molecular complexity index is 1240. The van der Waals surface area contributed by atoms with E-state index in [-0.39, 0.29) is 11.9 Å². The van der Waals surface area contributed by atoms with E-state index in [2.05, 4.69) is 61.7 Å². The summed E-state index contributed by atoms with van der Waals surface area (Å²) in [6, 6.07) is 22.6. The molecule has 1 aromatic heterocycles. The van der Waals surface area contributed by atoms with E-state index < -0.39 is 0 Å². The molecule has 4 rings (SSSR count). The molecule has 4 heteroatoms. The van der Waals surface area contributed by atoms with Gasteiger partial charge in [-0.1, -0.05) is 47.5 Å². The Kier molecular flexibility index (Phi) is 5.64. The molecule has 0 saturated carbocycles. The van der Waals surface area contributed by atoms with Crippen LogP contribution in [0.4, 0.5) is 0 Å². The minimum atomic E-state index is 0.0370. The molecule has 1 heterocycles. The largest absolute Gasteiger partial charge is 0.329 e. The van der Waals surface area contributed by atoms with Gasteiger partial charge in [0.1, 0.15) is 5.82 Å². The molecule has 0 saturated heterocycles. The smallest absolute Gasteiger partial charge is 0.254 e. The minimum absolute atomic E-state index is 0.0370. The average molecular weight is 412 g/mol. The maximum Gasteiger partial charge on any atom is 0.254 e. The van der Waals surface area contributed by atoms with Crippen molar-refractivity contribution in [3.05, 3.63) is 94.8 Å². The fourth-order valence-electron chi connectivity index (χ4n) is 4.01. The molecule has 4 nitrogen and oxygen atoms in total. The molecule has 0 spiro atoms. The summed E-state index contributed by atoms with van der Waals surface area (Å²) in [7, 11) is 0. The quantitative estimate of drug-likeness (QED) is 0.404. The third kappa shape index (κ3) is 4.11. The molecule has 0 aliphatic rings. The first-order chi connectivity index (χ1) is 14.8. The van der Waals surface area contributed by atoms with E-state index in [0.717, 1.165) is 39.2 Å². The van der Waals surface area contributed by atoms with E-state index in [4.69, 9.17) is 4.98 Å². The summed E-state index contributed by atoms with van der Waals surface area (Å²) < 4.78 is 2.17. The predicted octanol–water partition coefficient (Wildman–Crippen LogP) is 6.00. The number of hydrogen-bond acceptors (Lipinski definition) is 2. The molecule has 0 radical (unpaired) electrons. The third-order valence-corrected chi connectivity index (χ3v) is 5.73. The molecule has 0 N–H and O–H groups in total. The molecule has 0 aliphatic carbocycles. The van der Waals surface area contributed by atoms with Crippen molar-refractivity contribution in [1.29, 1.82) is 0 Å². The van der Waals surface area contributed by atoms with E-state index in [1.165, 1.54) is 5.56 Å². The van der Waals surface area contributed by atoms with E-state index in [0.29, 0.717) is 6.54 Å². The van der Waals surface area contributed by atoms with Crippen LogP contribution >= 0.6 is 0 Å². The molecule has 4 aromatic rings. The van der Waals surface area contributed by atoms with Gasteiger partial charge in [-0.2, -0.15) is 0 Å². The number of carbonyl (C=O) groups excluding carboxylic acids is 1. The number of aromatic nitrogens is 2. The number of para-hydroxylation sites is 2. The van der Waals surface area contributed by atoms with E-state index in [1.54, 1.807) is 0 Å². The van der Waals surface area contributed by atoms with E-state index in [1.807, 2.05) is 49.1 Å². The van der Waals surface area contributed by atoms with Crippen molar-refractivity contribution in [2.24, 2.45) is 0 Å². The van der Waals surface area contributed by atoms with Crippen molar-refractivity contribution >= 4 is 16.9 Å². The lowest BCUT2D eigenvalue weighted by atomic mass is 10.0. The van der Waals surface area contributed by atoms with Gasteiger partial charge in [-0.15, -0.1) is 0 Å². The van der Waals surface area contributed by atoms with E-state index >= 15 is 0 Å². The second kappa shape index (κ2) is 8.38. The van der Waals surface area contributed by atoms with Crippen molar-refractivity contribution in [3.8, 4) is 5.69 Å². The third-order valence-electron chi connectivity index (χ3n) is 5.73. The lowest BCUT2D eigenvalue weighted by molar-refractivity contribution is 0.0683. The van der Waals surface area contributed by atoms with Gasteiger partial charge in [0, 0.05) is 17.3 Å². The van der Waals surface area contributed by atoms with Crippen LogP contribution in [-0.4, -0.2) is 26.4 Å². The Hall–Kier alpha value is -3.40. The summed E-state index contributed by atoms with van der Waals surface area (Å²) >= 11 is 0. The van der Waals surface area contributed by atoms with Gasteiger partial charge in [-0.3, -0.25) is 9.36 Å². The summed E-state index contributed by atoms with van der Waals surface area (Å²) in [6.07, 6.45) is 0. The Balaban J connectivity index is 1.79. The molecule has 3 aromatic carbocycles. The molecule has 1 amide bonds. The molecule has 0 unspecified atom stereocenters. The van der Waals surface area contributed by atoms with Crippen molar-refractivity contribution in [2.45, 2.75) is 47.2 Å². The maximum absolute atomic E-state index is 13.5. The van der Waals surface area contributed by atoms with Crippen LogP contribution in [0.15, 0.2) is 66.7 Å². The molecule has 0 fully saturated rings. The van der Waals surface area contributed by atoms with Crippen LogP contribution in [-0.2, 0) is 6.54 Å². The highest BCUT2D eigenvalue weighted by Crippen LogP contribution is 2.24. The minimum Gasteiger partial charge on any atom is -0.329 e. The number of benzene rings is 3. The SMILES string of the molecule is Cc1ccc(-n2c(CN(C(=O)c3ccc(C)cc3C)C(C)C)nc3ccccc32)cc1. The molecule has 0 bridgehead atoms. The monoisotopic (exact) mass is 411 g/mol. The van der Waals surface area contributed by atoms with Gasteiger partial charge >= 0.3 is 0 Å². The summed E-state index contributed by atoms with van der Waals surface area (Å²) in [4.78, 5) is 20.3. The van der Waals surface area contributed by atoms with Crippen LogP contribution in [0.25, 0.3) is 16.7 Å². The molecule has 31 heavy (non-hydrogen) atoms. The Morgan fingerprint density at radius 1 is 0.935 bits per heavy atom. The molecule has 158 valence electrons. The number of imidazole rings is 1. The van der Waals surface area contributed by atoms with Crippen molar-refractivity contribution in [2.75, 3.05) is 0 Å². The van der Waals surface area contributed by atoms with Gasteiger partial charge < -0.3 is 4.90 Å². The number of fused-ring (bicyclic) bond motifs is 1. The fourth-order valence-corrected chi connectivity index (χ4v) is 4.01. The standard InChI is InChI=1S/C27H29N3O/c1-18(2)29(27(31)23-15-12-20(4)16-21(23)5)17-26-28-24-8-6-7-9-25(24)30(26)22-13-10-19(3)11-14-22/h6-16,18H,17H2,1-5H3. The molecule has 0 atom stereocenters. The first-order valence-corrected chi connectivity index (χ1v) is 10.8. The number of nitrogens with zero attached hydrogens (tertiary/aromatic N) is 3.